The maximum Gasteiger partial charge on any atom is 0.335 e. The molecule has 10 atom stereocenters. The van der Waals surface area contributed by atoms with Gasteiger partial charge in [-0.3, -0.25) is 0 Å². The number of carboxylic acid groups (broad SMARTS) is 1. The summed E-state index contributed by atoms with van der Waals surface area (Å²) in [5.74, 6) is 0.570. The topological polar surface area (TPSA) is 137 Å². The van der Waals surface area contributed by atoms with E-state index in [-0.39, 0.29) is 11.5 Å². The molecule has 1 aromatic rings. The van der Waals surface area contributed by atoms with Crippen LogP contribution in [0, 0.1) is 17.3 Å². The van der Waals surface area contributed by atoms with E-state index in [0.717, 1.165) is 38.5 Å². The SMILES string of the molecule is C[C@@]12CC[C@@H]3c4ccc(O[C@@H]5O[C@H](C(=O)O)[C@@H](O)[C@H](O)[C@H]5O)cc4CC[C@H]3[C@@H]1CC[C@@H]2O. The van der Waals surface area contributed by atoms with E-state index < -0.39 is 36.7 Å². The smallest absolute Gasteiger partial charge is 0.335 e. The summed E-state index contributed by atoms with van der Waals surface area (Å²) < 4.78 is 11.0. The van der Waals surface area contributed by atoms with Crippen LogP contribution in [0.2, 0.25) is 0 Å². The monoisotopic (exact) mass is 448 g/mol. The van der Waals surface area contributed by atoms with Gasteiger partial charge in [-0.2, -0.15) is 0 Å². The van der Waals surface area contributed by atoms with Crippen LogP contribution >= 0.6 is 0 Å². The Balaban J connectivity index is 1.34. The first-order valence-corrected chi connectivity index (χ1v) is 11.6. The van der Waals surface area contributed by atoms with E-state index >= 15 is 0 Å². The van der Waals surface area contributed by atoms with Crippen molar-refractivity contribution in [2.45, 2.75) is 88.2 Å². The molecule has 2 saturated carbocycles. The van der Waals surface area contributed by atoms with Gasteiger partial charge in [0, 0.05) is 0 Å². The summed E-state index contributed by atoms with van der Waals surface area (Å²) >= 11 is 0. The molecule has 176 valence electrons. The predicted octanol–water partition coefficient (Wildman–Crippen LogP) is 1.17. The number of fused-ring (bicyclic) bond motifs is 5. The second kappa shape index (κ2) is 7.95. The van der Waals surface area contributed by atoms with Gasteiger partial charge in [-0.05, 0) is 85.0 Å². The maximum atomic E-state index is 11.3. The molecular weight excluding hydrogens is 416 g/mol. The lowest BCUT2D eigenvalue weighted by molar-refractivity contribution is -0.271. The molecule has 1 aromatic carbocycles. The molecule has 8 heteroatoms. The highest BCUT2D eigenvalue weighted by Gasteiger charge is 2.54. The Morgan fingerprint density at radius 1 is 1.06 bits per heavy atom. The Morgan fingerprint density at radius 2 is 1.84 bits per heavy atom. The van der Waals surface area contributed by atoms with Gasteiger partial charge in [-0.25, -0.2) is 4.79 Å². The number of carboxylic acids is 1. The third-order valence-corrected chi connectivity index (χ3v) is 8.71. The van der Waals surface area contributed by atoms with Crippen LogP contribution in [-0.4, -0.2) is 68.3 Å². The normalized spacial score (nSPS) is 45.5. The van der Waals surface area contributed by atoms with Gasteiger partial charge in [-0.15, -0.1) is 0 Å². The second-order valence-electron chi connectivity index (χ2n) is 10.3. The van der Waals surface area contributed by atoms with Gasteiger partial charge in [0.25, 0.3) is 0 Å². The average Bonchev–Trinajstić information content (AvgIpc) is 3.08. The predicted molar refractivity (Wildman–Crippen MR) is 112 cm³/mol. The molecule has 8 nitrogen and oxygen atoms in total. The largest absolute Gasteiger partial charge is 0.479 e. The molecule has 3 aliphatic carbocycles. The van der Waals surface area contributed by atoms with Gasteiger partial charge >= 0.3 is 5.97 Å². The summed E-state index contributed by atoms with van der Waals surface area (Å²) in [6.07, 6.45) is -2.28. The molecule has 5 rings (SSSR count). The standard InChI is InChI=1S/C24H32O8/c1-24-9-8-14-13-5-3-12(10-11(13)2-4-15(14)16(24)6-7-17(24)25)31-23-20(28)18(26)19(27)21(32-23)22(29)30/h3,5,10,14-21,23,25-28H,2,4,6-9H2,1H3,(H,29,30)/t14-,15-,16+,17+,18+,19+,20-,21+,23-,24-/m1/s1. The Hall–Kier alpha value is -1.71. The van der Waals surface area contributed by atoms with Crippen molar-refractivity contribution in [2.75, 3.05) is 0 Å². The average molecular weight is 449 g/mol. The van der Waals surface area contributed by atoms with Crippen molar-refractivity contribution in [2.24, 2.45) is 17.3 Å². The van der Waals surface area contributed by atoms with Crippen molar-refractivity contribution in [1.82, 2.24) is 0 Å². The number of aliphatic hydroxyl groups is 4. The van der Waals surface area contributed by atoms with Gasteiger partial charge in [-0.1, -0.05) is 13.0 Å². The highest BCUT2D eigenvalue weighted by Crippen LogP contribution is 2.60. The molecule has 0 amide bonds. The molecule has 5 N–H and O–H groups in total. The van der Waals surface area contributed by atoms with E-state index in [0.29, 0.717) is 23.5 Å². The van der Waals surface area contributed by atoms with Crippen molar-refractivity contribution in [3.8, 4) is 5.75 Å². The van der Waals surface area contributed by atoms with Crippen LogP contribution in [-0.2, 0) is 16.0 Å². The molecular formula is C24H32O8. The Morgan fingerprint density at radius 3 is 2.59 bits per heavy atom. The lowest BCUT2D eigenvalue weighted by Crippen LogP contribution is -2.61. The van der Waals surface area contributed by atoms with E-state index in [9.17, 15) is 30.3 Å². The summed E-state index contributed by atoms with van der Waals surface area (Å²) in [5, 5.41) is 49.8. The zero-order valence-corrected chi connectivity index (χ0v) is 18.1. The third-order valence-electron chi connectivity index (χ3n) is 8.71. The fraction of sp³-hybridized carbons (Fsp3) is 0.708. The number of hydrogen-bond donors (Lipinski definition) is 5. The molecule has 0 unspecified atom stereocenters. The number of rotatable bonds is 3. The fourth-order valence-electron chi connectivity index (χ4n) is 6.89. The molecule has 1 saturated heterocycles. The number of hydrogen-bond acceptors (Lipinski definition) is 7. The Kier molecular flexibility index (Phi) is 5.49. The highest BCUT2D eigenvalue weighted by atomic mass is 16.7. The second-order valence-corrected chi connectivity index (χ2v) is 10.3. The van der Waals surface area contributed by atoms with Gasteiger partial charge in [0.05, 0.1) is 6.10 Å². The lowest BCUT2D eigenvalue weighted by Gasteiger charge is -2.50. The number of ether oxygens (including phenoxy) is 2. The van der Waals surface area contributed by atoms with E-state index in [1.165, 1.54) is 11.1 Å². The molecule has 0 bridgehead atoms. The van der Waals surface area contributed by atoms with Gasteiger partial charge in [0.15, 0.2) is 6.10 Å². The van der Waals surface area contributed by atoms with Gasteiger partial charge < -0.3 is 35.0 Å². The van der Waals surface area contributed by atoms with E-state index in [4.69, 9.17) is 9.47 Å². The van der Waals surface area contributed by atoms with Gasteiger partial charge in [0.2, 0.25) is 6.29 Å². The summed E-state index contributed by atoms with van der Waals surface area (Å²) in [6, 6.07) is 5.75. The maximum absolute atomic E-state index is 11.3. The van der Waals surface area contributed by atoms with Crippen molar-refractivity contribution in [3.05, 3.63) is 29.3 Å². The first-order valence-electron chi connectivity index (χ1n) is 11.6. The zero-order chi connectivity index (χ0) is 22.8. The van der Waals surface area contributed by atoms with Crippen LogP contribution in [0.4, 0.5) is 0 Å². The Labute approximate surface area is 186 Å². The number of aryl methyl sites for hydroxylation is 1. The fourth-order valence-corrected chi connectivity index (χ4v) is 6.89. The highest BCUT2D eigenvalue weighted by molar-refractivity contribution is 5.73. The van der Waals surface area contributed by atoms with Crippen molar-refractivity contribution >= 4 is 5.97 Å². The summed E-state index contributed by atoms with van der Waals surface area (Å²) in [4.78, 5) is 11.3. The quantitative estimate of drug-likeness (QED) is 0.465. The molecule has 0 radical (unpaired) electrons. The minimum atomic E-state index is -1.74. The molecule has 32 heavy (non-hydrogen) atoms. The summed E-state index contributed by atoms with van der Waals surface area (Å²) in [7, 11) is 0. The van der Waals surface area contributed by atoms with Crippen LogP contribution in [0.15, 0.2) is 18.2 Å². The number of benzene rings is 1. The molecule has 0 aromatic heterocycles. The first kappa shape index (κ1) is 22.1. The lowest BCUT2D eigenvalue weighted by atomic mass is 9.55. The van der Waals surface area contributed by atoms with Crippen LogP contribution in [0.5, 0.6) is 5.75 Å². The summed E-state index contributed by atoms with van der Waals surface area (Å²) in [5.41, 5.74) is 2.51. The molecule has 4 aliphatic rings. The van der Waals surface area contributed by atoms with Crippen LogP contribution < -0.4 is 4.74 Å². The Bertz CT molecular complexity index is 889. The van der Waals surface area contributed by atoms with E-state index in [1.54, 1.807) is 6.07 Å². The van der Waals surface area contributed by atoms with Crippen LogP contribution in [0.3, 0.4) is 0 Å². The molecule has 3 fully saturated rings. The third kappa shape index (κ3) is 3.35. The zero-order valence-electron chi connectivity index (χ0n) is 18.1. The first-order chi connectivity index (χ1) is 15.2. The number of aliphatic carboxylic acids is 1. The summed E-state index contributed by atoms with van der Waals surface area (Å²) in [6.45, 7) is 2.25. The van der Waals surface area contributed by atoms with Gasteiger partial charge in [0.1, 0.15) is 24.1 Å². The van der Waals surface area contributed by atoms with Crippen LogP contribution in [0.25, 0.3) is 0 Å². The minimum Gasteiger partial charge on any atom is -0.479 e. The molecule has 1 aliphatic heterocycles. The van der Waals surface area contributed by atoms with Crippen molar-refractivity contribution < 1.29 is 39.8 Å². The number of aliphatic hydroxyl groups excluding tert-OH is 4. The number of carbonyl (C=O) groups is 1. The minimum absolute atomic E-state index is 0.0300. The van der Waals surface area contributed by atoms with Crippen molar-refractivity contribution in [3.63, 3.8) is 0 Å². The van der Waals surface area contributed by atoms with E-state index in [2.05, 4.69) is 6.92 Å². The molecule has 0 spiro atoms. The molecule has 1 heterocycles. The van der Waals surface area contributed by atoms with E-state index in [1.807, 2.05) is 12.1 Å². The van der Waals surface area contributed by atoms with Crippen LogP contribution in [0.1, 0.15) is 56.1 Å². The van der Waals surface area contributed by atoms with Crippen molar-refractivity contribution in [1.29, 1.82) is 0 Å².